The number of thiazole rings is 1. The Labute approximate surface area is 92.4 Å². The highest BCUT2D eigenvalue weighted by atomic mass is 32.1. The van der Waals surface area contributed by atoms with Crippen molar-refractivity contribution in [2.45, 2.75) is 13.0 Å². The lowest BCUT2D eigenvalue weighted by Gasteiger charge is -2.01. The van der Waals surface area contributed by atoms with Crippen molar-refractivity contribution in [3.05, 3.63) is 40.9 Å². The quantitative estimate of drug-likeness (QED) is 0.771. The zero-order valence-corrected chi connectivity index (χ0v) is 9.07. The van der Waals surface area contributed by atoms with Crippen LogP contribution in [-0.2, 0) is 13.0 Å². The maximum atomic E-state index is 4.21. The minimum Gasteiger partial charge on any atom is -0.311 e. The number of aromatic nitrogens is 3. The van der Waals surface area contributed by atoms with E-state index in [4.69, 9.17) is 0 Å². The van der Waals surface area contributed by atoms with E-state index in [1.54, 1.807) is 23.9 Å². The van der Waals surface area contributed by atoms with Crippen LogP contribution < -0.4 is 5.32 Å². The van der Waals surface area contributed by atoms with E-state index in [2.05, 4.69) is 20.3 Å². The summed E-state index contributed by atoms with van der Waals surface area (Å²) in [4.78, 5) is 12.2. The van der Waals surface area contributed by atoms with Gasteiger partial charge in [0.25, 0.3) is 0 Å². The Morgan fingerprint density at radius 1 is 1.27 bits per heavy atom. The third kappa shape index (κ3) is 3.38. The summed E-state index contributed by atoms with van der Waals surface area (Å²) in [5, 5.41) is 6.49. The van der Waals surface area contributed by atoms with Crippen molar-refractivity contribution < 1.29 is 0 Å². The molecule has 0 aliphatic rings. The predicted octanol–water partition coefficient (Wildman–Crippen LogP) is 1.27. The van der Waals surface area contributed by atoms with E-state index in [9.17, 15) is 0 Å². The Kier molecular flexibility index (Phi) is 3.76. The highest BCUT2D eigenvalue weighted by Crippen LogP contribution is 2.03. The summed E-state index contributed by atoms with van der Waals surface area (Å²) in [6.45, 7) is 1.71. The first-order valence-electron chi connectivity index (χ1n) is 4.79. The Morgan fingerprint density at radius 2 is 2.27 bits per heavy atom. The molecule has 0 amide bonds. The van der Waals surface area contributed by atoms with Gasteiger partial charge in [-0.05, 0) is 6.07 Å². The lowest BCUT2D eigenvalue weighted by molar-refractivity contribution is 0.671. The summed E-state index contributed by atoms with van der Waals surface area (Å²) in [6.07, 6.45) is 6.13. The number of nitrogens with zero attached hydrogens (tertiary/aromatic N) is 3. The topological polar surface area (TPSA) is 50.7 Å². The van der Waals surface area contributed by atoms with E-state index in [0.29, 0.717) is 0 Å². The maximum Gasteiger partial charge on any atom is 0.115 e. The third-order valence-electron chi connectivity index (χ3n) is 1.95. The molecule has 0 atom stereocenters. The molecule has 4 nitrogen and oxygen atoms in total. The molecule has 78 valence electrons. The molecule has 0 radical (unpaired) electrons. The molecule has 15 heavy (non-hydrogen) atoms. The molecule has 5 heteroatoms. The van der Waals surface area contributed by atoms with Gasteiger partial charge in [0.1, 0.15) is 6.33 Å². The van der Waals surface area contributed by atoms with E-state index in [1.807, 2.05) is 17.6 Å². The number of nitrogens with one attached hydrogen (secondary N) is 1. The van der Waals surface area contributed by atoms with Gasteiger partial charge in [0, 0.05) is 37.3 Å². The van der Waals surface area contributed by atoms with E-state index < -0.39 is 0 Å². The van der Waals surface area contributed by atoms with Crippen LogP contribution in [0, 0.1) is 0 Å². The number of hydrogen-bond donors (Lipinski definition) is 1. The first-order valence-corrected chi connectivity index (χ1v) is 5.67. The zero-order chi connectivity index (χ0) is 10.3. The first kappa shape index (κ1) is 10.2. The summed E-state index contributed by atoms with van der Waals surface area (Å²) in [5.74, 6) is 0. The summed E-state index contributed by atoms with van der Waals surface area (Å²) in [7, 11) is 0. The summed E-state index contributed by atoms with van der Waals surface area (Å²) < 4.78 is 0. The zero-order valence-electron chi connectivity index (χ0n) is 8.26. The fraction of sp³-hybridized carbons (Fsp3) is 0.300. The van der Waals surface area contributed by atoms with Gasteiger partial charge in [0.05, 0.1) is 10.7 Å². The normalized spacial score (nSPS) is 10.4. The van der Waals surface area contributed by atoms with Gasteiger partial charge in [0.15, 0.2) is 0 Å². The molecule has 0 spiro atoms. The van der Waals surface area contributed by atoms with Crippen LogP contribution in [0.15, 0.2) is 30.2 Å². The largest absolute Gasteiger partial charge is 0.311 e. The maximum absolute atomic E-state index is 4.21. The number of hydrogen-bond acceptors (Lipinski definition) is 5. The van der Waals surface area contributed by atoms with Crippen LogP contribution in [0.5, 0.6) is 0 Å². The minimum atomic E-state index is 0.786. The molecule has 0 saturated heterocycles. The fourth-order valence-corrected chi connectivity index (χ4v) is 1.83. The molecule has 1 N–H and O–H groups in total. The van der Waals surface area contributed by atoms with Gasteiger partial charge in [-0.15, -0.1) is 11.3 Å². The highest BCUT2D eigenvalue weighted by molar-refractivity contribution is 7.09. The van der Waals surface area contributed by atoms with Crippen molar-refractivity contribution in [3.8, 4) is 0 Å². The standard InChI is InChI=1S/C10H12N4S/c1-3-12-8-14-9(1)7-11-4-2-10-13-5-6-15-10/h1,3,5-6,8,11H,2,4,7H2. The summed E-state index contributed by atoms with van der Waals surface area (Å²) in [6, 6.07) is 1.91. The number of rotatable bonds is 5. The second-order valence-corrected chi connectivity index (χ2v) is 4.03. The molecule has 2 aromatic rings. The van der Waals surface area contributed by atoms with Crippen molar-refractivity contribution in [1.29, 1.82) is 0 Å². The van der Waals surface area contributed by atoms with Crippen LogP contribution in [-0.4, -0.2) is 21.5 Å². The average Bonchev–Trinajstić information content (AvgIpc) is 2.79. The molecule has 0 fully saturated rings. The molecule has 0 aliphatic carbocycles. The Morgan fingerprint density at radius 3 is 3.00 bits per heavy atom. The van der Waals surface area contributed by atoms with Crippen LogP contribution in [0.25, 0.3) is 0 Å². The minimum absolute atomic E-state index is 0.786. The lowest BCUT2D eigenvalue weighted by Crippen LogP contribution is -2.17. The average molecular weight is 220 g/mol. The van der Waals surface area contributed by atoms with Crippen LogP contribution in [0.4, 0.5) is 0 Å². The van der Waals surface area contributed by atoms with Crippen molar-refractivity contribution in [3.63, 3.8) is 0 Å². The van der Waals surface area contributed by atoms with E-state index >= 15 is 0 Å². The van der Waals surface area contributed by atoms with Crippen LogP contribution >= 0.6 is 11.3 Å². The monoisotopic (exact) mass is 220 g/mol. The lowest BCUT2D eigenvalue weighted by atomic mass is 10.4. The van der Waals surface area contributed by atoms with E-state index in [0.717, 1.165) is 25.2 Å². The summed E-state index contributed by atoms with van der Waals surface area (Å²) >= 11 is 1.69. The Bertz CT molecular complexity index is 374. The Balaban J connectivity index is 1.68. The first-order chi connectivity index (χ1) is 7.45. The predicted molar refractivity (Wildman–Crippen MR) is 59.6 cm³/mol. The van der Waals surface area contributed by atoms with Gasteiger partial charge in [-0.1, -0.05) is 0 Å². The molecule has 0 saturated carbocycles. The molecular weight excluding hydrogens is 208 g/mol. The molecule has 2 heterocycles. The van der Waals surface area contributed by atoms with E-state index in [-0.39, 0.29) is 0 Å². The molecule has 2 aromatic heterocycles. The SMILES string of the molecule is c1cc(CNCCc2nccs2)ncn1. The highest BCUT2D eigenvalue weighted by Gasteiger charge is 1.95. The van der Waals surface area contributed by atoms with Gasteiger partial charge in [-0.2, -0.15) is 0 Å². The second-order valence-electron chi connectivity index (χ2n) is 3.05. The van der Waals surface area contributed by atoms with Gasteiger partial charge < -0.3 is 5.32 Å². The molecule has 0 unspecified atom stereocenters. The second kappa shape index (κ2) is 5.53. The third-order valence-corrected chi connectivity index (χ3v) is 2.79. The van der Waals surface area contributed by atoms with Crippen molar-refractivity contribution in [1.82, 2.24) is 20.3 Å². The van der Waals surface area contributed by atoms with Crippen molar-refractivity contribution in [2.24, 2.45) is 0 Å². The van der Waals surface area contributed by atoms with Crippen molar-refractivity contribution >= 4 is 11.3 Å². The van der Waals surface area contributed by atoms with Gasteiger partial charge >= 0.3 is 0 Å². The molecule has 0 bridgehead atoms. The molecule has 0 aliphatic heterocycles. The van der Waals surface area contributed by atoms with E-state index in [1.165, 1.54) is 5.01 Å². The Hall–Kier alpha value is -1.33. The van der Waals surface area contributed by atoms with Gasteiger partial charge in [0.2, 0.25) is 0 Å². The molecule has 0 aromatic carbocycles. The van der Waals surface area contributed by atoms with Gasteiger partial charge in [-0.25, -0.2) is 15.0 Å². The smallest absolute Gasteiger partial charge is 0.115 e. The molecule has 2 rings (SSSR count). The van der Waals surface area contributed by atoms with Crippen LogP contribution in [0.2, 0.25) is 0 Å². The van der Waals surface area contributed by atoms with Crippen molar-refractivity contribution in [2.75, 3.05) is 6.54 Å². The molecular formula is C10H12N4S. The van der Waals surface area contributed by atoms with Crippen LogP contribution in [0.3, 0.4) is 0 Å². The van der Waals surface area contributed by atoms with Gasteiger partial charge in [-0.3, -0.25) is 0 Å². The van der Waals surface area contributed by atoms with Crippen LogP contribution in [0.1, 0.15) is 10.7 Å². The summed E-state index contributed by atoms with van der Waals surface area (Å²) in [5.41, 5.74) is 1.02. The fourth-order valence-electron chi connectivity index (χ4n) is 1.21.